The number of rotatable bonds is 9. The number of likely N-dealkylation sites (tertiary alicyclic amines) is 2. The minimum absolute atomic E-state index is 0.121. The van der Waals surface area contributed by atoms with Crippen LogP contribution >= 0.6 is 0 Å². The van der Waals surface area contributed by atoms with Crippen molar-refractivity contribution in [3.05, 3.63) is 78.2 Å². The molecular weight excluding hydrogens is 520 g/mol. The van der Waals surface area contributed by atoms with Crippen LogP contribution in [0.15, 0.2) is 66.9 Å². The van der Waals surface area contributed by atoms with Crippen molar-refractivity contribution in [3.63, 3.8) is 0 Å². The summed E-state index contributed by atoms with van der Waals surface area (Å²) in [4.78, 5) is 26.6. The summed E-state index contributed by atoms with van der Waals surface area (Å²) in [6, 6.07) is 21.4. The number of urea groups is 1. The quantitative estimate of drug-likeness (QED) is 0.323. The van der Waals surface area contributed by atoms with E-state index in [1.807, 2.05) is 12.1 Å². The van der Waals surface area contributed by atoms with Crippen LogP contribution in [-0.2, 0) is 6.54 Å². The molecule has 2 aromatic carbocycles. The summed E-state index contributed by atoms with van der Waals surface area (Å²) in [5.41, 5.74) is 9.02. The molecule has 2 saturated heterocycles. The Morgan fingerprint density at radius 3 is 2.21 bits per heavy atom. The first-order valence-electron chi connectivity index (χ1n) is 16.0. The van der Waals surface area contributed by atoms with Crippen molar-refractivity contribution in [3.8, 4) is 11.3 Å². The van der Waals surface area contributed by atoms with Crippen molar-refractivity contribution < 1.29 is 4.79 Å². The highest BCUT2D eigenvalue weighted by molar-refractivity contribution is 5.75. The number of hydrogen-bond donors (Lipinski definition) is 1. The van der Waals surface area contributed by atoms with Gasteiger partial charge in [-0.25, -0.2) is 9.78 Å². The minimum Gasteiger partial charge on any atom is -0.330 e. The van der Waals surface area contributed by atoms with Gasteiger partial charge in [0.1, 0.15) is 5.82 Å². The zero-order valence-corrected chi connectivity index (χ0v) is 25.9. The summed E-state index contributed by atoms with van der Waals surface area (Å²) in [6.45, 7) is 12.6. The smallest absolute Gasteiger partial charge is 0.320 e. The minimum atomic E-state index is -0.246. The second kappa shape index (κ2) is 13.9. The number of benzene rings is 2. The average molecular weight is 571 g/mol. The molecule has 2 aliphatic heterocycles. The topological polar surface area (TPSA) is 70.6 Å². The van der Waals surface area contributed by atoms with Crippen LogP contribution in [0.3, 0.4) is 0 Å². The number of piperidine rings is 2. The lowest BCUT2D eigenvalue weighted by Crippen LogP contribution is -2.54. The predicted octanol–water partition coefficient (Wildman–Crippen LogP) is 6.41. The molecule has 1 atom stereocenters. The van der Waals surface area contributed by atoms with E-state index in [0.717, 1.165) is 49.4 Å². The van der Waals surface area contributed by atoms with E-state index in [2.05, 4.69) is 94.8 Å². The van der Waals surface area contributed by atoms with Crippen LogP contribution in [0.25, 0.3) is 11.3 Å². The van der Waals surface area contributed by atoms with Crippen molar-refractivity contribution in [2.24, 2.45) is 11.1 Å². The molecule has 0 aliphatic carbocycles. The lowest BCUT2D eigenvalue weighted by molar-refractivity contribution is 0.0610. The molecule has 2 amide bonds. The molecule has 2 fully saturated rings. The van der Waals surface area contributed by atoms with E-state index in [-0.39, 0.29) is 17.5 Å². The lowest BCUT2D eigenvalue weighted by atomic mass is 9.84. The number of carbonyl (C=O) groups excluding carboxylic acids is 1. The van der Waals surface area contributed by atoms with Crippen LogP contribution in [-0.4, -0.2) is 75.6 Å². The summed E-state index contributed by atoms with van der Waals surface area (Å²) in [5.74, 6) is 0.929. The van der Waals surface area contributed by atoms with Crippen LogP contribution in [0.1, 0.15) is 76.7 Å². The molecule has 0 radical (unpaired) electrons. The summed E-state index contributed by atoms with van der Waals surface area (Å²) in [7, 11) is 0. The van der Waals surface area contributed by atoms with E-state index in [0.29, 0.717) is 25.7 Å². The van der Waals surface area contributed by atoms with Crippen LogP contribution in [0.4, 0.5) is 4.79 Å². The van der Waals surface area contributed by atoms with Gasteiger partial charge < -0.3 is 25.0 Å². The number of hydrogen-bond acceptors (Lipinski definition) is 4. The van der Waals surface area contributed by atoms with Crippen LogP contribution < -0.4 is 5.73 Å². The van der Waals surface area contributed by atoms with Gasteiger partial charge in [-0.15, -0.1) is 0 Å². The molecular formula is C35H50N6O. The SMILES string of the molecule is CC(C)(C)[C@H](c1nc(-c2ccccc2)cn1Cc1ccccc1)N(CCCN)C(=O)N1CCC(N2CCCCC2)CC1. The van der Waals surface area contributed by atoms with Gasteiger partial charge in [0.2, 0.25) is 0 Å². The molecule has 7 nitrogen and oxygen atoms in total. The van der Waals surface area contributed by atoms with Crippen LogP contribution in [0.2, 0.25) is 0 Å². The lowest BCUT2D eigenvalue weighted by Gasteiger charge is -2.45. The van der Waals surface area contributed by atoms with E-state index in [9.17, 15) is 4.79 Å². The Labute approximate surface area is 252 Å². The molecule has 1 aromatic heterocycles. The number of carbonyl (C=O) groups is 1. The van der Waals surface area contributed by atoms with E-state index in [4.69, 9.17) is 10.7 Å². The predicted molar refractivity (Wildman–Crippen MR) is 171 cm³/mol. The summed E-state index contributed by atoms with van der Waals surface area (Å²) in [6.07, 6.45) is 8.98. The third-order valence-electron chi connectivity index (χ3n) is 8.94. The van der Waals surface area contributed by atoms with Gasteiger partial charge in [-0.1, -0.05) is 87.9 Å². The van der Waals surface area contributed by atoms with E-state index < -0.39 is 0 Å². The van der Waals surface area contributed by atoms with E-state index in [1.54, 1.807) is 0 Å². The van der Waals surface area contributed by atoms with Crippen molar-refractivity contribution in [1.82, 2.24) is 24.3 Å². The van der Waals surface area contributed by atoms with Crippen molar-refractivity contribution in [2.45, 2.75) is 77.9 Å². The molecule has 3 aromatic rings. The molecule has 7 heteroatoms. The van der Waals surface area contributed by atoms with E-state index in [1.165, 1.54) is 37.9 Å². The van der Waals surface area contributed by atoms with Gasteiger partial charge in [0.25, 0.3) is 0 Å². The fraction of sp³-hybridized carbons (Fsp3) is 0.543. The van der Waals surface area contributed by atoms with Gasteiger partial charge in [0, 0.05) is 44.0 Å². The highest BCUT2D eigenvalue weighted by atomic mass is 16.2. The van der Waals surface area contributed by atoms with Gasteiger partial charge in [0.15, 0.2) is 0 Å². The Balaban J connectivity index is 1.47. The first-order chi connectivity index (χ1) is 20.3. The fourth-order valence-corrected chi connectivity index (χ4v) is 6.78. The Morgan fingerprint density at radius 1 is 0.952 bits per heavy atom. The monoisotopic (exact) mass is 570 g/mol. The maximum atomic E-state index is 14.5. The Morgan fingerprint density at radius 2 is 1.60 bits per heavy atom. The molecule has 42 heavy (non-hydrogen) atoms. The average Bonchev–Trinajstić information content (AvgIpc) is 3.42. The van der Waals surface area contributed by atoms with Crippen LogP contribution in [0.5, 0.6) is 0 Å². The maximum absolute atomic E-state index is 14.5. The van der Waals surface area contributed by atoms with Crippen molar-refractivity contribution >= 4 is 6.03 Å². The molecule has 2 aliphatic rings. The first kappa shape index (κ1) is 30.3. The number of aromatic nitrogens is 2. The fourth-order valence-electron chi connectivity index (χ4n) is 6.78. The molecule has 3 heterocycles. The number of imidazole rings is 1. The molecule has 226 valence electrons. The Hall–Kier alpha value is -3.16. The zero-order valence-electron chi connectivity index (χ0n) is 25.9. The molecule has 2 N–H and O–H groups in total. The molecule has 0 bridgehead atoms. The van der Waals surface area contributed by atoms with Gasteiger partial charge in [0.05, 0.1) is 11.7 Å². The molecule has 0 saturated carbocycles. The Bertz CT molecular complexity index is 1250. The third kappa shape index (κ3) is 7.24. The van der Waals surface area contributed by atoms with Gasteiger partial charge in [-0.3, -0.25) is 0 Å². The maximum Gasteiger partial charge on any atom is 0.320 e. The first-order valence-corrected chi connectivity index (χ1v) is 16.0. The van der Waals surface area contributed by atoms with Gasteiger partial charge in [-0.05, 0) is 62.7 Å². The van der Waals surface area contributed by atoms with Crippen molar-refractivity contribution in [1.29, 1.82) is 0 Å². The van der Waals surface area contributed by atoms with Crippen molar-refractivity contribution in [2.75, 3.05) is 39.3 Å². The zero-order chi connectivity index (χ0) is 29.5. The largest absolute Gasteiger partial charge is 0.330 e. The number of amides is 2. The highest BCUT2D eigenvalue weighted by Crippen LogP contribution is 2.40. The normalized spacial score (nSPS) is 17.8. The summed E-state index contributed by atoms with van der Waals surface area (Å²) in [5, 5.41) is 0. The summed E-state index contributed by atoms with van der Waals surface area (Å²) >= 11 is 0. The second-order valence-corrected chi connectivity index (χ2v) is 13.2. The van der Waals surface area contributed by atoms with Crippen LogP contribution in [0, 0.1) is 5.41 Å². The van der Waals surface area contributed by atoms with Gasteiger partial charge in [-0.2, -0.15) is 0 Å². The third-order valence-corrected chi connectivity index (χ3v) is 8.94. The molecule has 5 rings (SSSR count). The standard InChI is InChI=1S/C35H50N6O/c1-35(2,3)32(33-37-31(29-16-9-5-10-17-29)27-40(33)26-28-14-7-4-8-15-28)41(23-13-20-36)34(42)39-24-18-30(19-25-39)38-21-11-6-12-22-38/h4-5,7-10,14-17,27,30,32H,6,11-13,18-26,36H2,1-3H3/t32-/m0/s1. The molecule has 0 unspecified atom stereocenters. The second-order valence-electron chi connectivity index (χ2n) is 13.2. The van der Waals surface area contributed by atoms with Gasteiger partial charge >= 0.3 is 6.03 Å². The highest BCUT2D eigenvalue weighted by Gasteiger charge is 2.40. The Kier molecular flexibility index (Phi) is 10.0. The molecule has 0 spiro atoms. The number of nitrogens with zero attached hydrogens (tertiary/aromatic N) is 5. The summed E-state index contributed by atoms with van der Waals surface area (Å²) < 4.78 is 2.26. The number of nitrogens with two attached hydrogens (primary N) is 1. The van der Waals surface area contributed by atoms with E-state index >= 15 is 0 Å².